The molecule has 9 heteroatoms. The fourth-order valence-corrected chi connectivity index (χ4v) is 6.39. The first-order chi connectivity index (χ1) is 15.9. The SMILES string of the molecule is CC(=O)N1CSC[C@H]1C(=O)N1CCC(c2nc(C)ccc2C(=O)NCCc2cccs2)CC1. The summed E-state index contributed by atoms with van der Waals surface area (Å²) in [5, 5.41) is 5.08. The summed E-state index contributed by atoms with van der Waals surface area (Å²) in [6.07, 6.45) is 2.34. The molecular formula is C24H30N4O3S2. The van der Waals surface area contributed by atoms with E-state index < -0.39 is 0 Å². The molecular weight excluding hydrogens is 456 g/mol. The maximum absolute atomic E-state index is 13.0. The van der Waals surface area contributed by atoms with Crippen LogP contribution >= 0.6 is 23.1 Å². The van der Waals surface area contributed by atoms with Gasteiger partial charge in [0.15, 0.2) is 0 Å². The number of hydrogen-bond donors (Lipinski definition) is 1. The van der Waals surface area contributed by atoms with Crippen LogP contribution in [0.15, 0.2) is 29.6 Å². The second-order valence-electron chi connectivity index (χ2n) is 8.57. The maximum atomic E-state index is 13.0. The Morgan fingerprint density at radius 3 is 2.67 bits per heavy atom. The van der Waals surface area contributed by atoms with Gasteiger partial charge in [-0.3, -0.25) is 19.4 Å². The molecule has 4 rings (SSSR count). The van der Waals surface area contributed by atoms with Crippen LogP contribution in [0.5, 0.6) is 0 Å². The van der Waals surface area contributed by atoms with Crippen LogP contribution in [0, 0.1) is 6.92 Å². The molecule has 1 atom stereocenters. The molecule has 0 bridgehead atoms. The third-order valence-corrected chi connectivity index (χ3v) is 8.26. The van der Waals surface area contributed by atoms with Gasteiger partial charge in [-0.25, -0.2) is 0 Å². The summed E-state index contributed by atoms with van der Waals surface area (Å²) in [7, 11) is 0. The van der Waals surface area contributed by atoms with Gasteiger partial charge in [-0.1, -0.05) is 6.07 Å². The molecule has 7 nitrogen and oxygen atoms in total. The van der Waals surface area contributed by atoms with Gasteiger partial charge in [0.25, 0.3) is 5.91 Å². The van der Waals surface area contributed by atoms with Crippen LogP contribution in [0.2, 0.25) is 0 Å². The molecule has 0 aliphatic carbocycles. The molecule has 4 heterocycles. The minimum atomic E-state index is -0.356. The number of carbonyl (C=O) groups is 3. The zero-order valence-corrected chi connectivity index (χ0v) is 20.7. The lowest BCUT2D eigenvalue weighted by molar-refractivity contribution is -0.143. The van der Waals surface area contributed by atoms with Gasteiger partial charge in [-0.15, -0.1) is 23.1 Å². The number of nitrogens with zero attached hydrogens (tertiary/aromatic N) is 3. The van der Waals surface area contributed by atoms with E-state index in [1.807, 2.05) is 35.4 Å². The molecule has 2 aliphatic rings. The molecule has 2 fully saturated rings. The van der Waals surface area contributed by atoms with E-state index in [2.05, 4.69) is 11.4 Å². The largest absolute Gasteiger partial charge is 0.352 e. The number of thiophene rings is 1. The third kappa shape index (κ3) is 5.58. The van der Waals surface area contributed by atoms with Crippen LogP contribution in [-0.2, 0) is 16.0 Å². The highest BCUT2D eigenvalue weighted by Gasteiger charge is 2.37. The highest BCUT2D eigenvalue weighted by Crippen LogP contribution is 2.31. The van der Waals surface area contributed by atoms with Crippen molar-refractivity contribution in [3.05, 3.63) is 51.5 Å². The number of hydrogen-bond acceptors (Lipinski definition) is 6. The molecule has 0 spiro atoms. The monoisotopic (exact) mass is 486 g/mol. The van der Waals surface area contributed by atoms with E-state index >= 15 is 0 Å². The van der Waals surface area contributed by atoms with Crippen LogP contribution < -0.4 is 5.32 Å². The van der Waals surface area contributed by atoms with Crippen LogP contribution in [0.25, 0.3) is 0 Å². The van der Waals surface area contributed by atoms with Crippen LogP contribution in [0.4, 0.5) is 0 Å². The maximum Gasteiger partial charge on any atom is 0.253 e. The Balaban J connectivity index is 1.38. The minimum absolute atomic E-state index is 0.0393. The van der Waals surface area contributed by atoms with Crippen molar-refractivity contribution in [2.75, 3.05) is 31.3 Å². The summed E-state index contributed by atoms with van der Waals surface area (Å²) in [5.74, 6) is 1.28. The standard InChI is InChI=1S/C24H30N4O3S2/c1-16-5-6-20(23(30)25-10-7-19-4-3-13-33-19)22(26-16)18-8-11-27(12-9-18)24(31)21-14-32-15-28(21)17(2)29/h3-6,13,18,21H,7-12,14-15H2,1-2H3,(H,25,30)/t21-/m0/s1. The molecule has 2 aliphatic heterocycles. The molecule has 33 heavy (non-hydrogen) atoms. The summed E-state index contributed by atoms with van der Waals surface area (Å²) < 4.78 is 0. The van der Waals surface area contributed by atoms with E-state index in [1.54, 1.807) is 28.0 Å². The quantitative estimate of drug-likeness (QED) is 0.679. The first kappa shape index (κ1) is 23.8. The molecule has 0 aromatic carbocycles. The van der Waals surface area contributed by atoms with Crippen molar-refractivity contribution in [1.29, 1.82) is 0 Å². The van der Waals surface area contributed by atoms with Crippen LogP contribution in [0.3, 0.4) is 0 Å². The number of aromatic nitrogens is 1. The van der Waals surface area contributed by atoms with Gasteiger partial charge in [0.2, 0.25) is 11.8 Å². The lowest BCUT2D eigenvalue weighted by Crippen LogP contribution is -2.50. The second-order valence-corrected chi connectivity index (χ2v) is 10.6. The van der Waals surface area contributed by atoms with E-state index in [0.717, 1.165) is 30.7 Å². The number of carbonyl (C=O) groups excluding carboxylic acids is 3. The van der Waals surface area contributed by atoms with Gasteiger partial charge in [-0.2, -0.15) is 0 Å². The van der Waals surface area contributed by atoms with E-state index in [0.29, 0.717) is 36.8 Å². The number of amides is 3. The minimum Gasteiger partial charge on any atom is -0.352 e. The lowest BCUT2D eigenvalue weighted by atomic mass is 9.89. The summed E-state index contributed by atoms with van der Waals surface area (Å²) in [5.41, 5.74) is 2.35. The first-order valence-corrected chi connectivity index (χ1v) is 13.4. The van der Waals surface area contributed by atoms with E-state index in [9.17, 15) is 14.4 Å². The van der Waals surface area contributed by atoms with Crippen molar-refractivity contribution in [3.8, 4) is 0 Å². The Morgan fingerprint density at radius 2 is 1.97 bits per heavy atom. The highest BCUT2D eigenvalue weighted by molar-refractivity contribution is 7.99. The van der Waals surface area contributed by atoms with Crippen molar-refractivity contribution >= 4 is 40.8 Å². The topological polar surface area (TPSA) is 82.6 Å². The Kier molecular flexibility index (Phi) is 7.70. The Bertz CT molecular complexity index is 1000. The number of nitrogens with one attached hydrogen (secondary N) is 1. The average molecular weight is 487 g/mol. The Labute approximate surface area is 202 Å². The molecule has 2 aromatic heterocycles. The molecule has 3 amide bonds. The summed E-state index contributed by atoms with van der Waals surface area (Å²) in [6, 6.07) is 7.49. The zero-order chi connectivity index (χ0) is 23.4. The molecule has 2 saturated heterocycles. The van der Waals surface area contributed by atoms with Gasteiger partial charge in [0, 0.05) is 48.8 Å². The molecule has 0 radical (unpaired) electrons. The van der Waals surface area contributed by atoms with Gasteiger partial charge in [0.1, 0.15) is 6.04 Å². The van der Waals surface area contributed by atoms with Crippen molar-refractivity contribution < 1.29 is 14.4 Å². The van der Waals surface area contributed by atoms with Crippen molar-refractivity contribution in [2.24, 2.45) is 0 Å². The smallest absolute Gasteiger partial charge is 0.253 e. The van der Waals surface area contributed by atoms with E-state index in [1.165, 1.54) is 11.8 Å². The molecule has 1 N–H and O–H groups in total. The predicted molar refractivity (Wildman–Crippen MR) is 132 cm³/mol. The highest BCUT2D eigenvalue weighted by atomic mass is 32.2. The number of rotatable bonds is 6. The van der Waals surface area contributed by atoms with Crippen molar-refractivity contribution in [3.63, 3.8) is 0 Å². The van der Waals surface area contributed by atoms with Gasteiger partial charge in [-0.05, 0) is 49.8 Å². The Morgan fingerprint density at radius 1 is 1.18 bits per heavy atom. The number of aryl methyl sites for hydroxylation is 1. The van der Waals surface area contributed by atoms with Crippen molar-refractivity contribution in [2.45, 2.75) is 45.1 Å². The van der Waals surface area contributed by atoms with Gasteiger partial charge >= 0.3 is 0 Å². The number of thioether (sulfide) groups is 1. The van der Waals surface area contributed by atoms with Crippen LogP contribution in [-0.4, -0.2) is 69.8 Å². The fourth-order valence-electron chi connectivity index (χ4n) is 4.47. The Hall–Kier alpha value is -2.39. The van der Waals surface area contributed by atoms with Crippen LogP contribution in [0.1, 0.15) is 52.3 Å². The van der Waals surface area contributed by atoms with Gasteiger partial charge < -0.3 is 15.1 Å². The molecule has 176 valence electrons. The molecule has 0 unspecified atom stereocenters. The number of likely N-dealkylation sites (tertiary alicyclic amines) is 1. The summed E-state index contributed by atoms with van der Waals surface area (Å²) in [4.78, 5) is 47.4. The average Bonchev–Trinajstić information content (AvgIpc) is 3.51. The normalized spacial score (nSPS) is 19.0. The zero-order valence-electron chi connectivity index (χ0n) is 19.1. The fraction of sp³-hybridized carbons (Fsp3) is 0.500. The summed E-state index contributed by atoms with van der Waals surface area (Å²) in [6.45, 7) is 5.28. The molecule has 2 aromatic rings. The second kappa shape index (κ2) is 10.7. The molecule has 0 saturated carbocycles. The lowest BCUT2D eigenvalue weighted by Gasteiger charge is -2.35. The number of pyridine rings is 1. The van der Waals surface area contributed by atoms with E-state index in [-0.39, 0.29) is 29.7 Å². The number of piperidine rings is 1. The third-order valence-electron chi connectivity index (χ3n) is 6.31. The van der Waals surface area contributed by atoms with Crippen molar-refractivity contribution in [1.82, 2.24) is 20.1 Å². The summed E-state index contributed by atoms with van der Waals surface area (Å²) >= 11 is 3.32. The predicted octanol–water partition coefficient (Wildman–Crippen LogP) is 3.05. The van der Waals surface area contributed by atoms with Gasteiger partial charge in [0.05, 0.1) is 17.1 Å². The van der Waals surface area contributed by atoms with E-state index in [4.69, 9.17) is 4.98 Å². The first-order valence-electron chi connectivity index (χ1n) is 11.4.